The first kappa shape index (κ1) is 7.04. The first-order valence-electron chi connectivity index (χ1n) is 2.22. The molecule has 1 rings (SSSR count). The summed E-state index contributed by atoms with van der Waals surface area (Å²) in [5, 5.41) is 1.66. The number of carbonyl (C=O) groups is 1. The third-order valence-electron chi connectivity index (χ3n) is 0.770. The summed E-state index contributed by atoms with van der Waals surface area (Å²) in [7, 11) is 0. The Labute approximate surface area is 53.9 Å². The van der Waals surface area contributed by atoms with Crippen molar-refractivity contribution in [3.63, 3.8) is 0 Å². The van der Waals surface area contributed by atoms with Gasteiger partial charge in [0.2, 0.25) is 0 Å². The van der Waals surface area contributed by atoms with E-state index in [1.807, 2.05) is 0 Å². The fourth-order valence-electron chi connectivity index (χ4n) is 0.404. The molecule has 10 heavy (non-hydrogen) atoms. The molecule has 1 N–H and O–H groups in total. The van der Waals surface area contributed by atoms with Gasteiger partial charge < -0.3 is 5.32 Å². The minimum absolute atomic E-state index is 1.03. The summed E-state index contributed by atoms with van der Waals surface area (Å²) < 4.78 is 34.6. The first-order valence-corrected chi connectivity index (χ1v) is 2.22. The lowest BCUT2D eigenvalue weighted by Crippen LogP contribution is -2.23. The molecule has 54 valence electrons. The topological polar surface area (TPSA) is 41.5 Å². The first-order chi connectivity index (χ1) is 4.50. The molecule has 0 saturated heterocycles. The standard InChI is InChI=1S/C4HF3N2O/c5-4(6,7)2-1-8-3(10)9-2/h(H,8,10). The highest BCUT2D eigenvalue weighted by Gasteiger charge is 2.39. The second-order valence-corrected chi connectivity index (χ2v) is 1.51. The van der Waals surface area contributed by atoms with E-state index in [0.717, 1.165) is 0 Å². The molecule has 0 fully saturated rings. The lowest BCUT2D eigenvalue weighted by Gasteiger charge is -2.00. The third kappa shape index (κ3) is 1.26. The van der Waals surface area contributed by atoms with E-state index in [4.69, 9.17) is 0 Å². The van der Waals surface area contributed by atoms with Gasteiger partial charge in [-0.3, -0.25) is 0 Å². The van der Waals surface area contributed by atoms with Gasteiger partial charge in [0.15, 0.2) is 12.3 Å². The van der Waals surface area contributed by atoms with E-state index in [1.54, 1.807) is 11.9 Å². The summed E-state index contributed by atoms with van der Waals surface area (Å²) in [5.41, 5.74) is -1.31. The van der Waals surface area contributed by atoms with Crippen LogP contribution < -0.4 is 5.32 Å². The molecule has 0 bridgehead atoms. The highest BCUT2D eigenvalue weighted by atomic mass is 19.4. The molecule has 0 aliphatic carbocycles. The molecule has 0 atom stereocenters. The van der Waals surface area contributed by atoms with E-state index >= 15 is 0 Å². The Balaban J connectivity index is 2.76. The molecule has 2 radical (unpaired) electrons. The summed E-state index contributed by atoms with van der Waals surface area (Å²) in [4.78, 5) is 12.6. The summed E-state index contributed by atoms with van der Waals surface area (Å²) in [5.74, 6) is 0. The van der Waals surface area contributed by atoms with Crippen LogP contribution in [0.5, 0.6) is 0 Å². The predicted molar refractivity (Wildman–Crippen MR) is 25.3 cm³/mol. The predicted octanol–water partition coefficient (Wildman–Crippen LogP) is 0.752. The fraction of sp³-hybridized carbons (Fsp3) is 0.250. The Hall–Kier alpha value is -1.07. The largest absolute Gasteiger partial charge is 0.432 e. The van der Waals surface area contributed by atoms with Crippen molar-refractivity contribution in [2.45, 2.75) is 6.18 Å². The Morgan fingerprint density at radius 1 is 1.50 bits per heavy atom. The Bertz CT molecular complexity index is 195. The van der Waals surface area contributed by atoms with Gasteiger partial charge in [0.05, 0.1) is 0 Å². The summed E-state index contributed by atoms with van der Waals surface area (Å²) in [6, 6.07) is -1.03. The number of halogens is 3. The third-order valence-corrected chi connectivity index (χ3v) is 0.770. The lowest BCUT2D eigenvalue weighted by atomic mass is 10.4. The number of aliphatic imine (C=N–C) groups is 1. The van der Waals surface area contributed by atoms with Crippen molar-refractivity contribution in [1.29, 1.82) is 0 Å². The maximum absolute atomic E-state index is 11.5. The molecule has 1 aliphatic heterocycles. The summed E-state index contributed by atoms with van der Waals surface area (Å²) >= 11 is 0. The number of rotatable bonds is 0. The summed E-state index contributed by atoms with van der Waals surface area (Å²) in [6.45, 7) is 1.57. The van der Waals surface area contributed by atoms with Gasteiger partial charge in [0, 0.05) is 0 Å². The van der Waals surface area contributed by atoms with Crippen LogP contribution in [0.25, 0.3) is 0 Å². The summed E-state index contributed by atoms with van der Waals surface area (Å²) in [6.07, 6.45) is -4.58. The van der Waals surface area contributed by atoms with Crippen molar-refractivity contribution in [3.05, 3.63) is 6.54 Å². The molecule has 3 nitrogen and oxygen atoms in total. The van der Waals surface area contributed by atoms with Gasteiger partial charge in [-0.15, -0.1) is 0 Å². The molecule has 0 aromatic carbocycles. The molecule has 1 heterocycles. The van der Waals surface area contributed by atoms with Crippen LogP contribution in [0, 0.1) is 6.54 Å². The molecular formula is C4HF3N2O. The fourth-order valence-corrected chi connectivity index (χ4v) is 0.404. The average molecular weight is 150 g/mol. The second kappa shape index (κ2) is 1.96. The minimum Gasteiger partial charge on any atom is -0.319 e. The van der Waals surface area contributed by atoms with Crippen LogP contribution in [-0.4, -0.2) is 17.9 Å². The Morgan fingerprint density at radius 2 is 2.10 bits per heavy atom. The zero-order valence-electron chi connectivity index (χ0n) is 4.49. The maximum atomic E-state index is 11.5. The number of alkyl halides is 3. The van der Waals surface area contributed by atoms with E-state index in [0.29, 0.717) is 0 Å². The zero-order chi connectivity index (χ0) is 7.78. The van der Waals surface area contributed by atoms with E-state index in [2.05, 4.69) is 4.99 Å². The highest BCUT2D eigenvalue weighted by Crippen LogP contribution is 2.20. The molecule has 1 aliphatic rings. The van der Waals surface area contributed by atoms with Gasteiger partial charge >= 0.3 is 12.2 Å². The maximum Gasteiger partial charge on any atom is 0.432 e. The van der Waals surface area contributed by atoms with Crippen LogP contribution in [0.4, 0.5) is 18.0 Å². The van der Waals surface area contributed by atoms with Crippen molar-refractivity contribution in [2.24, 2.45) is 4.99 Å². The zero-order valence-corrected chi connectivity index (χ0v) is 4.49. The number of carbonyl (C=O) groups excluding carboxylic acids is 1. The average Bonchev–Trinajstić information content (AvgIpc) is 2.11. The SMILES string of the molecule is O=C1N=C(C(F)(F)F)[C]N1. The molecule has 0 aromatic rings. The van der Waals surface area contributed by atoms with Crippen molar-refractivity contribution < 1.29 is 18.0 Å². The van der Waals surface area contributed by atoms with E-state index in [-0.39, 0.29) is 0 Å². The Morgan fingerprint density at radius 3 is 2.30 bits per heavy atom. The van der Waals surface area contributed by atoms with Crippen molar-refractivity contribution in [3.8, 4) is 0 Å². The molecule has 0 unspecified atom stereocenters. The smallest absolute Gasteiger partial charge is 0.319 e. The van der Waals surface area contributed by atoms with Crippen LogP contribution in [-0.2, 0) is 0 Å². The van der Waals surface area contributed by atoms with Gasteiger partial charge in [0.1, 0.15) is 0 Å². The normalized spacial score (nSPS) is 18.7. The number of amides is 2. The highest BCUT2D eigenvalue weighted by molar-refractivity contribution is 6.09. The second-order valence-electron chi connectivity index (χ2n) is 1.51. The van der Waals surface area contributed by atoms with E-state index < -0.39 is 17.9 Å². The van der Waals surface area contributed by atoms with Crippen molar-refractivity contribution >= 4 is 11.7 Å². The van der Waals surface area contributed by atoms with Gasteiger partial charge in [-0.1, -0.05) is 0 Å². The molecule has 0 saturated carbocycles. The van der Waals surface area contributed by atoms with Crippen LogP contribution >= 0.6 is 0 Å². The molecule has 0 spiro atoms. The molecule has 6 heteroatoms. The monoisotopic (exact) mass is 150 g/mol. The number of nitrogens with one attached hydrogen (secondary N) is 1. The molecule has 0 aromatic heterocycles. The van der Waals surface area contributed by atoms with E-state index in [1.165, 1.54) is 0 Å². The van der Waals surface area contributed by atoms with Gasteiger partial charge in [-0.2, -0.15) is 18.2 Å². The quantitative estimate of drug-likeness (QED) is 0.543. The van der Waals surface area contributed by atoms with Crippen molar-refractivity contribution in [2.75, 3.05) is 0 Å². The molecular weight excluding hydrogens is 149 g/mol. The number of hydrogen-bond donors (Lipinski definition) is 1. The molecule has 2 amide bonds. The minimum atomic E-state index is -4.58. The van der Waals surface area contributed by atoms with E-state index in [9.17, 15) is 18.0 Å². The van der Waals surface area contributed by atoms with Gasteiger partial charge in [0.25, 0.3) is 0 Å². The number of hydrogen-bond acceptors (Lipinski definition) is 1. The van der Waals surface area contributed by atoms with Gasteiger partial charge in [-0.25, -0.2) is 4.79 Å². The van der Waals surface area contributed by atoms with Crippen LogP contribution in [0.15, 0.2) is 4.99 Å². The number of urea groups is 1. The van der Waals surface area contributed by atoms with Crippen LogP contribution in [0.2, 0.25) is 0 Å². The van der Waals surface area contributed by atoms with Crippen LogP contribution in [0.3, 0.4) is 0 Å². The van der Waals surface area contributed by atoms with Crippen molar-refractivity contribution in [1.82, 2.24) is 5.32 Å². The lowest BCUT2D eigenvalue weighted by molar-refractivity contribution is -0.0582. The van der Waals surface area contributed by atoms with Crippen LogP contribution in [0.1, 0.15) is 0 Å². The number of nitrogens with zero attached hydrogens (tertiary/aromatic N) is 1. The van der Waals surface area contributed by atoms with Gasteiger partial charge in [-0.05, 0) is 0 Å². The Kier molecular flexibility index (Phi) is 1.38.